The van der Waals surface area contributed by atoms with Gasteiger partial charge in [-0.1, -0.05) is 0 Å². The van der Waals surface area contributed by atoms with Gasteiger partial charge in [0.2, 0.25) is 5.88 Å². The first kappa shape index (κ1) is 14.6. The maximum absolute atomic E-state index is 12.2. The van der Waals surface area contributed by atoms with Crippen LogP contribution in [0.25, 0.3) is 0 Å². The second-order valence-electron chi connectivity index (χ2n) is 4.40. The molecule has 1 aromatic heterocycles. The molecule has 6 heteroatoms. The molecule has 0 saturated carbocycles. The Morgan fingerprint density at radius 1 is 1.52 bits per heavy atom. The van der Waals surface area contributed by atoms with Gasteiger partial charge in [0.05, 0.1) is 18.1 Å². The van der Waals surface area contributed by atoms with Crippen LogP contribution in [0.15, 0.2) is 47.3 Å². The van der Waals surface area contributed by atoms with Gasteiger partial charge in [0.25, 0.3) is 0 Å². The van der Waals surface area contributed by atoms with Crippen molar-refractivity contribution in [2.24, 2.45) is 5.73 Å². The molecule has 0 amide bonds. The molecule has 0 bridgehead atoms. The Morgan fingerprint density at radius 2 is 2.19 bits per heavy atom. The summed E-state index contributed by atoms with van der Waals surface area (Å²) < 4.78 is 10.4. The van der Waals surface area contributed by atoms with Crippen molar-refractivity contribution in [1.82, 2.24) is 4.98 Å². The fraction of sp³-hybridized carbons (Fsp3) is 0.267. The highest BCUT2D eigenvalue weighted by atomic mass is 16.5. The van der Waals surface area contributed by atoms with E-state index in [2.05, 4.69) is 4.98 Å². The van der Waals surface area contributed by atoms with E-state index < -0.39 is 11.9 Å². The summed E-state index contributed by atoms with van der Waals surface area (Å²) in [6.07, 6.45) is 3.18. The number of nitrogens with two attached hydrogens (primary N) is 1. The van der Waals surface area contributed by atoms with Crippen molar-refractivity contribution in [2.45, 2.75) is 19.8 Å². The molecular weight excluding hydrogens is 270 g/mol. The summed E-state index contributed by atoms with van der Waals surface area (Å²) in [5, 5.41) is 9.35. The molecule has 2 heterocycles. The summed E-state index contributed by atoms with van der Waals surface area (Å²) in [6.45, 7) is 3.58. The normalized spacial score (nSPS) is 18.0. The quantitative estimate of drug-likeness (QED) is 0.849. The summed E-state index contributed by atoms with van der Waals surface area (Å²) in [6, 6.07) is 5.48. The van der Waals surface area contributed by atoms with Crippen molar-refractivity contribution in [3.8, 4) is 6.07 Å². The molecule has 0 aliphatic carbocycles. The Morgan fingerprint density at radius 3 is 2.76 bits per heavy atom. The molecule has 0 spiro atoms. The zero-order valence-corrected chi connectivity index (χ0v) is 11.8. The van der Waals surface area contributed by atoms with Crippen LogP contribution in [0.2, 0.25) is 0 Å². The fourth-order valence-corrected chi connectivity index (χ4v) is 2.24. The molecule has 1 aromatic rings. The van der Waals surface area contributed by atoms with Gasteiger partial charge < -0.3 is 15.2 Å². The van der Waals surface area contributed by atoms with Crippen molar-refractivity contribution < 1.29 is 14.3 Å². The van der Waals surface area contributed by atoms with Gasteiger partial charge in [-0.15, -0.1) is 0 Å². The maximum atomic E-state index is 12.2. The van der Waals surface area contributed by atoms with Gasteiger partial charge in [-0.05, 0) is 31.5 Å². The number of rotatable bonds is 3. The summed E-state index contributed by atoms with van der Waals surface area (Å²) in [4.78, 5) is 16.2. The number of carbonyl (C=O) groups is 1. The van der Waals surface area contributed by atoms with E-state index in [4.69, 9.17) is 15.2 Å². The standard InChI is InChI=1S/C15H15N3O3/c1-3-20-15(19)12-9(2)21-14(17)11(8-16)13(12)10-4-6-18-7-5-10/h4-7,13H,3,17H2,1-2H3/t13-/m1/s1. The van der Waals surface area contributed by atoms with Gasteiger partial charge in [0.15, 0.2) is 0 Å². The first-order chi connectivity index (χ1) is 10.1. The van der Waals surface area contributed by atoms with Crippen LogP contribution in [-0.2, 0) is 14.3 Å². The zero-order valence-electron chi connectivity index (χ0n) is 11.8. The van der Waals surface area contributed by atoms with E-state index in [-0.39, 0.29) is 23.6 Å². The van der Waals surface area contributed by atoms with Gasteiger partial charge in [0, 0.05) is 12.4 Å². The van der Waals surface area contributed by atoms with Crippen LogP contribution >= 0.6 is 0 Å². The summed E-state index contributed by atoms with van der Waals surface area (Å²) in [7, 11) is 0. The Balaban J connectivity index is 2.58. The van der Waals surface area contributed by atoms with Gasteiger partial charge in [-0.25, -0.2) is 4.79 Å². The van der Waals surface area contributed by atoms with Crippen LogP contribution < -0.4 is 5.73 Å². The number of carbonyl (C=O) groups excluding carboxylic acids is 1. The van der Waals surface area contributed by atoms with Crippen molar-refractivity contribution in [1.29, 1.82) is 5.26 Å². The van der Waals surface area contributed by atoms with E-state index in [9.17, 15) is 10.1 Å². The molecular formula is C15H15N3O3. The lowest BCUT2D eigenvalue weighted by Gasteiger charge is -2.26. The lowest BCUT2D eigenvalue weighted by atomic mass is 9.83. The van der Waals surface area contributed by atoms with Crippen molar-refractivity contribution in [3.05, 3.63) is 52.9 Å². The third-order valence-electron chi connectivity index (χ3n) is 3.14. The van der Waals surface area contributed by atoms with E-state index in [0.717, 1.165) is 5.56 Å². The number of hydrogen-bond donors (Lipinski definition) is 1. The average molecular weight is 285 g/mol. The smallest absolute Gasteiger partial charge is 0.338 e. The Bertz CT molecular complexity index is 656. The molecule has 0 aromatic carbocycles. The molecule has 0 radical (unpaired) electrons. The molecule has 0 saturated heterocycles. The molecule has 1 atom stereocenters. The summed E-state index contributed by atoms with van der Waals surface area (Å²) in [5.41, 5.74) is 6.98. The number of aromatic nitrogens is 1. The van der Waals surface area contributed by atoms with Crippen LogP contribution in [0.4, 0.5) is 0 Å². The fourth-order valence-electron chi connectivity index (χ4n) is 2.24. The largest absolute Gasteiger partial charge is 0.463 e. The third kappa shape index (κ3) is 2.72. The molecule has 1 aliphatic rings. The Labute approximate surface area is 122 Å². The molecule has 2 N–H and O–H groups in total. The van der Waals surface area contributed by atoms with E-state index in [1.807, 2.05) is 6.07 Å². The third-order valence-corrected chi connectivity index (χ3v) is 3.14. The van der Waals surface area contributed by atoms with E-state index >= 15 is 0 Å². The highest BCUT2D eigenvalue weighted by molar-refractivity contribution is 5.92. The predicted molar refractivity (Wildman–Crippen MR) is 74.2 cm³/mol. The van der Waals surface area contributed by atoms with Gasteiger partial charge in [-0.2, -0.15) is 5.26 Å². The van der Waals surface area contributed by atoms with Crippen molar-refractivity contribution >= 4 is 5.97 Å². The van der Waals surface area contributed by atoms with Crippen LogP contribution in [0, 0.1) is 11.3 Å². The first-order valence-electron chi connectivity index (χ1n) is 6.45. The topological polar surface area (TPSA) is 98.2 Å². The van der Waals surface area contributed by atoms with Crippen molar-refractivity contribution in [3.63, 3.8) is 0 Å². The molecule has 108 valence electrons. The van der Waals surface area contributed by atoms with Crippen molar-refractivity contribution in [2.75, 3.05) is 6.61 Å². The molecule has 6 nitrogen and oxygen atoms in total. The Kier molecular flexibility index (Phi) is 4.24. The van der Waals surface area contributed by atoms with Crippen LogP contribution in [-0.4, -0.2) is 17.6 Å². The van der Waals surface area contributed by atoms with Crippen LogP contribution in [0.3, 0.4) is 0 Å². The molecule has 1 aliphatic heterocycles. The first-order valence-corrected chi connectivity index (χ1v) is 6.45. The SMILES string of the molecule is CCOC(=O)C1=C(C)OC(N)=C(C#N)[C@H]1c1ccncc1. The summed E-state index contributed by atoms with van der Waals surface area (Å²) >= 11 is 0. The molecule has 0 unspecified atom stereocenters. The Hall–Kier alpha value is -2.81. The van der Waals surface area contributed by atoms with E-state index in [1.54, 1.807) is 38.4 Å². The molecule has 0 fully saturated rings. The van der Waals surface area contributed by atoms with E-state index in [1.165, 1.54) is 0 Å². The van der Waals surface area contributed by atoms with Gasteiger partial charge in [-0.3, -0.25) is 4.98 Å². The second-order valence-corrected chi connectivity index (χ2v) is 4.40. The predicted octanol–water partition coefficient (Wildman–Crippen LogP) is 1.73. The monoisotopic (exact) mass is 285 g/mol. The van der Waals surface area contributed by atoms with Crippen LogP contribution in [0.5, 0.6) is 0 Å². The average Bonchev–Trinajstić information content (AvgIpc) is 2.47. The minimum atomic E-state index is -0.606. The van der Waals surface area contributed by atoms with Gasteiger partial charge >= 0.3 is 5.97 Å². The highest BCUT2D eigenvalue weighted by Gasteiger charge is 2.36. The summed E-state index contributed by atoms with van der Waals surface area (Å²) in [5.74, 6) is -0.778. The number of ether oxygens (including phenoxy) is 2. The second kappa shape index (κ2) is 6.09. The molecule has 21 heavy (non-hydrogen) atoms. The zero-order chi connectivity index (χ0) is 15.4. The number of hydrogen-bond acceptors (Lipinski definition) is 6. The molecule has 2 rings (SSSR count). The lowest BCUT2D eigenvalue weighted by Crippen LogP contribution is -2.25. The van der Waals surface area contributed by atoms with Crippen LogP contribution in [0.1, 0.15) is 25.3 Å². The maximum Gasteiger partial charge on any atom is 0.338 e. The van der Waals surface area contributed by atoms with Gasteiger partial charge in [0.1, 0.15) is 17.4 Å². The van der Waals surface area contributed by atoms with E-state index in [0.29, 0.717) is 5.76 Å². The lowest BCUT2D eigenvalue weighted by molar-refractivity contribution is -0.139. The minimum absolute atomic E-state index is 0.00450. The number of nitrogens with zero attached hydrogens (tertiary/aromatic N) is 2. The number of nitriles is 1. The number of esters is 1. The number of pyridine rings is 1. The highest BCUT2D eigenvalue weighted by Crippen LogP contribution is 2.39. The minimum Gasteiger partial charge on any atom is -0.463 e. The number of allylic oxidation sites excluding steroid dienone is 2.